The Morgan fingerprint density at radius 1 is 0.889 bits per heavy atom. The number of anilines is 2. The van der Waals surface area contributed by atoms with E-state index in [0.717, 1.165) is 38.4 Å². The smallest absolute Gasteiger partial charge is 0.256 e. The zero-order valence-corrected chi connectivity index (χ0v) is 20.5. The molecule has 0 radical (unpaired) electrons. The van der Waals surface area contributed by atoms with Gasteiger partial charge < -0.3 is 15.6 Å². The molecule has 0 atom stereocenters. The van der Waals surface area contributed by atoms with Crippen LogP contribution in [0.4, 0.5) is 11.5 Å². The van der Waals surface area contributed by atoms with Crippen molar-refractivity contribution in [3.05, 3.63) is 90.6 Å². The van der Waals surface area contributed by atoms with Crippen LogP contribution in [0.25, 0.3) is 33.3 Å². The van der Waals surface area contributed by atoms with Crippen LogP contribution < -0.4 is 10.6 Å². The molecule has 0 spiro atoms. The summed E-state index contributed by atoms with van der Waals surface area (Å²) >= 11 is 1.50. The molecule has 2 aromatic heterocycles. The Hall–Kier alpha value is -4.43. The largest absolute Gasteiger partial charge is 0.332 e. The monoisotopic (exact) mass is 493 g/mol. The number of H-pyrrole nitrogens is 1. The van der Waals surface area contributed by atoms with Gasteiger partial charge in [-0.1, -0.05) is 60.3 Å². The molecular formula is C28H23N5O2S. The number of nitrogens with one attached hydrogen (secondary N) is 3. The van der Waals surface area contributed by atoms with Gasteiger partial charge in [0.1, 0.15) is 5.82 Å². The summed E-state index contributed by atoms with van der Waals surface area (Å²) in [7, 11) is 0. The zero-order valence-electron chi connectivity index (χ0n) is 19.7. The van der Waals surface area contributed by atoms with Gasteiger partial charge in [-0.25, -0.2) is 9.97 Å². The summed E-state index contributed by atoms with van der Waals surface area (Å²) in [6, 6.07) is 24.8. The highest BCUT2D eigenvalue weighted by molar-refractivity contribution is 7.98. The number of carbonyl (C=O) groups excluding carboxylic acids is 2. The van der Waals surface area contributed by atoms with E-state index < -0.39 is 0 Å². The van der Waals surface area contributed by atoms with Crippen molar-refractivity contribution in [1.29, 1.82) is 0 Å². The molecule has 178 valence electrons. The second-order valence-corrected chi connectivity index (χ2v) is 8.94. The summed E-state index contributed by atoms with van der Waals surface area (Å²) in [6.07, 6.45) is 3.59. The quantitative estimate of drug-likeness (QED) is 0.244. The van der Waals surface area contributed by atoms with Gasteiger partial charge >= 0.3 is 0 Å². The average molecular weight is 494 g/mol. The van der Waals surface area contributed by atoms with Crippen molar-refractivity contribution in [2.45, 2.75) is 12.1 Å². The SMILES string of the molecule is CSc1nc(-c2cccc(NC(=O)c3cccc4ccccc34)c2)c(-c2ccnc(NC(C)=O)c2)[nH]1. The molecule has 7 nitrogen and oxygen atoms in total. The van der Waals surface area contributed by atoms with E-state index in [9.17, 15) is 9.59 Å². The Labute approximate surface area is 212 Å². The second kappa shape index (κ2) is 10.1. The fraction of sp³-hybridized carbons (Fsp3) is 0.0714. The minimum Gasteiger partial charge on any atom is -0.332 e. The fourth-order valence-corrected chi connectivity index (χ4v) is 4.45. The molecule has 0 bridgehead atoms. The number of hydrogen-bond acceptors (Lipinski definition) is 5. The summed E-state index contributed by atoms with van der Waals surface area (Å²) in [5.74, 6) is 0.0939. The third-order valence-electron chi connectivity index (χ3n) is 5.66. The molecule has 2 heterocycles. The van der Waals surface area contributed by atoms with Crippen molar-refractivity contribution in [3.63, 3.8) is 0 Å². The van der Waals surface area contributed by atoms with Crippen molar-refractivity contribution in [2.75, 3.05) is 16.9 Å². The first-order chi connectivity index (χ1) is 17.5. The van der Waals surface area contributed by atoms with Gasteiger partial charge in [0.2, 0.25) is 5.91 Å². The van der Waals surface area contributed by atoms with E-state index in [1.807, 2.05) is 79.1 Å². The first-order valence-electron chi connectivity index (χ1n) is 11.3. The van der Waals surface area contributed by atoms with Crippen molar-refractivity contribution in [3.8, 4) is 22.5 Å². The van der Waals surface area contributed by atoms with Gasteiger partial charge in [0.05, 0.1) is 11.4 Å². The Morgan fingerprint density at radius 2 is 1.69 bits per heavy atom. The summed E-state index contributed by atoms with van der Waals surface area (Å²) < 4.78 is 0. The molecule has 0 fully saturated rings. The molecular weight excluding hydrogens is 470 g/mol. The zero-order chi connectivity index (χ0) is 25.1. The van der Waals surface area contributed by atoms with E-state index in [-0.39, 0.29) is 11.8 Å². The predicted octanol–water partition coefficient (Wildman–Crippen LogP) is 6.22. The Kier molecular flexibility index (Phi) is 6.51. The van der Waals surface area contributed by atoms with Gasteiger partial charge in [0.15, 0.2) is 5.16 Å². The van der Waals surface area contributed by atoms with E-state index in [4.69, 9.17) is 4.98 Å². The molecule has 0 unspecified atom stereocenters. The highest BCUT2D eigenvalue weighted by Gasteiger charge is 2.16. The molecule has 0 aliphatic carbocycles. The number of aromatic amines is 1. The second-order valence-electron chi connectivity index (χ2n) is 8.14. The number of aromatic nitrogens is 3. The highest BCUT2D eigenvalue weighted by atomic mass is 32.2. The van der Waals surface area contributed by atoms with Crippen LogP contribution in [0.2, 0.25) is 0 Å². The van der Waals surface area contributed by atoms with Crippen molar-refractivity contribution in [2.24, 2.45) is 0 Å². The van der Waals surface area contributed by atoms with Gasteiger partial charge in [-0.2, -0.15) is 0 Å². The summed E-state index contributed by atoms with van der Waals surface area (Å²) in [5, 5.41) is 8.42. The molecule has 3 aromatic carbocycles. The van der Waals surface area contributed by atoms with Crippen LogP contribution in [0.15, 0.2) is 90.2 Å². The maximum Gasteiger partial charge on any atom is 0.256 e. The molecule has 0 aliphatic heterocycles. The van der Waals surface area contributed by atoms with Crippen LogP contribution in [-0.2, 0) is 4.79 Å². The lowest BCUT2D eigenvalue weighted by molar-refractivity contribution is -0.114. The Bertz CT molecular complexity index is 1590. The number of carbonyl (C=O) groups is 2. The molecule has 0 aliphatic rings. The van der Waals surface area contributed by atoms with E-state index in [2.05, 4.69) is 20.6 Å². The van der Waals surface area contributed by atoms with Crippen LogP contribution in [-0.4, -0.2) is 33.0 Å². The first kappa shape index (κ1) is 23.3. The number of pyridine rings is 1. The van der Waals surface area contributed by atoms with Gasteiger partial charge in [0, 0.05) is 35.5 Å². The maximum absolute atomic E-state index is 13.2. The predicted molar refractivity (Wildman–Crippen MR) is 145 cm³/mol. The average Bonchev–Trinajstić information content (AvgIpc) is 3.33. The van der Waals surface area contributed by atoms with Crippen LogP contribution >= 0.6 is 11.8 Å². The number of hydrogen-bond donors (Lipinski definition) is 3. The normalized spacial score (nSPS) is 10.8. The number of imidazole rings is 1. The highest BCUT2D eigenvalue weighted by Crippen LogP contribution is 2.34. The lowest BCUT2D eigenvalue weighted by atomic mass is 10.0. The number of fused-ring (bicyclic) bond motifs is 1. The number of amides is 2. The fourth-order valence-electron chi connectivity index (χ4n) is 4.07. The standard InChI is InChI=1S/C28H23N5O2S/c1-17(34)30-24-16-20(13-14-29-24)26-25(32-28(33-26)36-2)19-9-5-10-21(15-19)31-27(35)23-12-6-8-18-7-3-4-11-22(18)23/h3-16H,1-2H3,(H,31,35)(H,32,33)(H,29,30,34). The van der Waals surface area contributed by atoms with Crippen LogP contribution in [0.5, 0.6) is 0 Å². The number of benzene rings is 3. The van der Waals surface area contributed by atoms with E-state index in [1.54, 1.807) is 12.3 Å². The maximum atomic E-state index is 13.2. The minimum absolute atomic E-state index is 0.176. The molecule has 2 amide bonds. The number of nitrogens with zero attached hydrogens (tertiary/aromatic N) is 2. The first-order valence-corrected chi connectivity index (χ1v) is 12.5. The van der Waals surface area contributed by atoms with Gasteiger partial charge in [-0.3, -0.25) is 9.59 Å². The molecule has 5 rings (SSSR count). The molecule has 3 N–H and O–H groups in total. The Morgan fingerprint density at radius 3 is 2.53 bits per heavy atom. The lowest BCUT2D eigenvalue weighted by Crippen LogP contribution is -2.12. The summed E-state index contributed by atoms with van der Waals surface area (Å²) in [5.41, 5.74) is 4.49. The molecule has 36 heavy (non-hydrogen) atoms. The van der Waals surface area contributed by atoms with E-state index in [1.165, 1.54) is 18.7 Å². The van der Waals surface area contributed by atoms with Crippen molar-refractivity contribution < 1.29 is 9.59 Å². The molecule has 0 saturated carbocycles. The van der Waals surface area contributed by atoms with E-state index in [0.29, 0.717) is 17.1 Å². The third kappa shape index (κ3) is 4.85. The molecule has 8 heteroatoms. The van der Waals surface area contributed by atoms with Gasteiger partial charge in [0.25, 0.3) is 5.91 Å². The summed E-state index contributed by atoms with van der Waals surface area (Å²) in [4.78, 5) is 37.0. The summed E-state index contributed by atoms with van der Waals surface area (Å²) in [6.45, 7) is 1.44. The van der Waals surface area contributed by atoms with Crippen molar-refractivity contribution in [1.82, 2.24) is 15.0 Å². The van der Waals surface area contributed by atoms with Crippen LogP contribution in [0.3, 0.4) is 0 Å². The third-order valence-corrected chi connectivity index (χ3v) is 6.24. The minimum atomic E-state index is -0.191. The van der Waals surface area contributed by atoms with Gasteiger partial charge in [-0.05, 0) is 47.4 Å². The number of thioether (sulfide) groups is 1. The Balaban J connectivity index is 1.49. The lowest BCUT2D eigenvalue weighted by Gasteiger charge is -2.10. The van der Waals surface area contributed by atoms with Crippen molar-refractivity contribution >= 4 is 45.9 Å². The molecule has 0 saturated heterocycles. The topological polar surface area (TPSA) is 99.8 Å². The van der Waals surface area contributed by atoms with Gasteiger partial charge in [-0.15, -0.1) is 0 Å². The van der Waals surface area contributed by atoms with Crippen LogP contribution in [0.1, 0.15) is 17.3 Å². The number of rotatable bonds is 6. The van der Waals surface area contributed by atoms with E-state index >= 15 is 0 Å². The molecule has 5 aromatic rings. The van der Waals surface area contributed by atoms with Crippen LogP contribution in [0, 0.1) is 0 Å².